The number of hydrogen-bond donors (Lipinski definition) is 1. The zero-order valence-electron chi connectivity index (χ0n) is 9.18. The molecule has 1 unspecified atom stereocenters. The van der Waals surface area contributed by atoms with E-state index in [0.29, 0.717) is 6.54 Å². The highest BCUT2D eigenvalue weighted by Gasteiger charge is 2.12. The van der Waals surface area contributed by atoms with Crippen LogP contribution in [0.2, 0.25) is 0 Å². The molecule has 4 nitrogen and oxygen atoms in total. The van der Waals surface area contributed by atoms with Gasteiger partial charge in [0.15, 0.2) is 0 Å². The van der Waals surface area contributed by atoms with Crippen molar-refractivity contribution < 1.29 is 0 Å². The van der Waals surface area contributed by atoms with Crippen LogP contribution in [0.1, 0.15) is 12.5 Å². The van der Waals surface area contributed by atoms with E-state index < -0.39 is 0 Å². The Hall–Kier alpha value is -1.42. The van der Waals surface area contributed by atoms with E-state index in [1.165, 1.54) is 0 Å². The summed E-state index contributed by atoms with van der Waals surface area (Å²) in [6.45, 7) is 3.28. The normalized spacial score (nSPS) is 12.1. The average Bonchev–Trinajstić information content (AvgIpc) is 2.27. The van der Waals surface area contributed by atoms with Crippen LogP contribution in [-0.2, 0) is 6.54 Å². The van der Waals surface area contributed by atoms with Crippen molar-refractivity contribution in [2.75, 3.05) is 13.6 Å². The fraction of sp³-hybridized carbons (Fsp3) is 0.455. The van der Waals surface area contributed by atoms with Crippen molar-refractivity contribution >= 4 is 0 Å². The lowest BCUT2D eigenvalue weighted by molar-refractivity contribution is 0.203. The number of nitroso groups, excluding NO2 is 1. The van der Waals surface area contributed by atoms with Gasteiger partial charge in [-0.05, 0) is 19.5 Å². The van der Waals surface area contributed by atoms with Crippen molar-refractivity contribution in [1.82, 2.24) is 10.3 Å². The molecule has 0 fully saturated rings. The molecule has 4 heteroatoms. The van der Waals surface area contributed by atoms with Crippen LogP contribution in [-0.4, -0.2) is 24.6 Å². The lowest BCUT2D eigenvalue weighted by Gasteiger charge is -2.22. The van der Waals surface area contributed by atoms with Gasteiger partial charge in [-0.3, -0.25) is 5.01 Å². The maximum absolute atomic E-state index is 10.7. The number of likely N-dealkylation sites (N-methyl/N-ethyl adjacent to an activating group) is 1. The molecule has 1 N–H and O–H groups in total. The predicted molar refractivity (Wildman–Crippen MR) is 61.2 cm³/mol. The largest absolute Gasteiger partial charge is 0.318 e. The van der Waals surface area contributed by atoms with E-state index in [2.05, 4.69) is 10.6 Å². The molecule has 1 rings (SSSR count). The van der Waals surface area contributed by atoms with Crippen molar-refractivity contribution in [2.24, 2.45) is 5.29 Å². The third kappa shape index (κ3) is 3.67. The number of hydrogen-bond acceptors (Lipinski definition) is 3. The number of nitrogens with zero attached hydrogens (tertiary/aromatic N) is 2. The quantitative estimate of drug-likeness (QED) is 0.571. The van der Waals surface area contributed by atoms with Gasteiger partial charge in [0.2, 0.25) is 0 Å². The highest BCUT2D eigenvalue weighted by atomic mass is 16.3. The van der Waals surface area contributed by atoms with Crippen LogP contribution in [0.15, 0.2) is 35.6 Å². The maximum Gasteiger partial charge on any atom is 0.0646 e. The highest BCUT2D eigenvalue weighted by Crippen LogP contribution is 2.07. The van der Waals surface area contributed by atoms with Gasteiger partial charge in [-0.15, -0.1) is 4.91 Å². The zero-order valence-corrected chi connectivity index (χ0v) is 9.18. The molecule has 0 heterocycles. The fourth-order valence-electron chi connectivity index (χ4n) is 1.44. The Labute approximate surface area is 90.2 Å². The second-order valence-electron chi connectivity index (χ2n) is 3.57. The first-order valence-corrected chi connectivity index (χ1v) is 5.06. The first-order valence-electron chi connectivity index (χ1n) is 5.06. The van der Waals surface area contributed by atoms with Crippen molar-refractivity contribution in [2.45, 2.75) is 19.5 Å². The first-order chi connectivity index (χ1) is 7.27. The Morgan fingerprint density at radius 2 is 2.07 bits per heavy atom. The Bertz CT molecular complexity index is 289. The molecule has 15 heavy (non-hydrogen) atoms. The van der Waals surface area contributed by atoms with E-state index in [9.17, 15) is 4.91 Å². The second kappa shape index (κ2) is 6.14. The molecule has 0 saturated carbocycles. The van der Waals surface area contributed by atoms with Gasteiger partial charge in [0, 0.05) is 6.54 Å². The molecule has 1 aromatic rings. The van der Waals surface area contributed by atoms with Crippen molar-refractivity contribution in [3.8, 4) is 0 Å². The summed E-state index contributed by atoms with van der Waals surface area (Å²) in [7, 11) is 1.86. The van der Waals surface area contributed by atoms with Gasteiger partial charge in [0.05, 0.1) is 17.9 Å². The van der Waals surface area contributed by atoms with Crippen LogP contribution >= 0.6 is 0 Å². The number of benzene rings is 1. The minimum Gasteiger partial charge on any atom is -0.318 e. The zero-order chi connectivity index (χ0) is 11.1. The van der Waals surface area contributed by atoms with Crippen LogP contribution in [0.5, 0.6) is 0 Å². The predicted octanol–water partition coefficient (Wildman–Crippen LogP) is 1.78. The van der Waals surface area contributed by atoms with E-state index in [1.54, 1.807) is 5.01 Å². The van der Waals surface area contributed by atoms with Crippen LogP contribution < -0.4 is 5.32 Å². The number of rotatable bonds is 6. The topological polar surface area (TPSA) is 44.7 Å². The first kappa shape index (κ1) is 11.7. The summed E-state index contributed by atoms with van der Waals surface area (Å²) >= 11 is 0. The van der Waals surface area contributed by atoms with E-state index in [4.69, 9.17) is 0 Å². The fourth-order valence-corrected chi connectivity index (χ4v) is 1.44. The maximum atomic E-state index is 10.7. The minimum atomic E-state index is 0.104. The highest BCUT2D eigenvalue weighted by molar-refractivity contribution is 5.14. The molecule has 0 aliphatic rings. The van der Waals surface area contributed by atoms with Gasteiger partial charge in [-0.25, -0.2) is 0 Å². The molecule has 0 spiro atoms. The monoisotopic (exact) mass is 207 g/mol. The van der Waals surface area contributed by atoms with Gasteiger partial charge in [0.25, 0.3) is 0 Å². The standard InChI is InChI=1S/C11H17N3O/c1-10(8-12-2)14(13-15)9-11-6-4-3-5-7-11/h3-7,10,12H,8-9H2,1-2H3. The molecule has 0 aliphatic carbocycles. The summed E-state index contributed by atoms with van der Waals surface area (Å²) in [6.07, 6.45) is 0. The number of nitrogens with one attached hydrogen (secondary N) is 1. The van der Waals surface area contributed by atoms with E-state index >= 15 is 0 Å². The van der Waals surface area contributed by atoms with Crippen LogP contribution in [0, 0.1) is 4.91 Å². The summed E-state index contributed by atoms with van der Waals surface area (Å²) in [5.74, 6) is 0. The van der Waals surface area contributed by atoms with Crippen LogP contribution in [0.25, 0.3) is 0 Å². The molecule has 0 aromatic heterocycles. The third-order valence-corrected chi connectivity index (χ3v) is 2.30. The molecule has 0 aliphatic heterocycles. The van der Waals surface area contributed by atoms with E-state index in [0.717, 1.165) is 12.1 Å². The Morgan fingerprint density at radius 3 is 2.60 bits per heavy atom. The summed E-state index contributed by atoms with van der Waals surface area (Å²) in [4.78, 5) is 10.7. The average molecular weight is 207 g/mol. The molecule has 0 amide bonds. The molecular formula is C11H17N3O. The Kier molecular flexibility index (Phi) is 4.77. The Morgan fingerprint density at radius 1 is 1.40 bits per heavy atom. The SMILES string of the molecule is CNCC(C)N(Cc1ccccc1)N=O. The second-order valence-corrected chi connectivity index (χ2v) is 3.57. The van der Waals surface area contributed by atoms with Gasteiger partial charge in [0.1, 0.15) is 0 Å². The molecule has 0 radical (unpaired) electrons. The lowest BCUT2D eigenvalue weighted by atomic mass is 10.2. The van der Waals surface area contributed by atoms with E-state index in [-0.39, 0.29) is 6.04 Å². The molecule has 82 valence electrons. The van der Waals surface area contributed by atoms with Gasteiger partial charge in [-0.2, -0.15) is 0 Å². The van der Waals surface area contributed by atoms with Crippen LogP contribution in [0.3, 0.4) is 0 Å². The van der Waals surface area contributed by atoms with Gasteiger partial charge < -0.3 is 5.32 Å². The van der Waals surface area contributed by atoms with Crippen LogP contribution in [0.4, 0.5) is 0 Å². The summed E-state index contributed by atoms with van der Waals surface area (Å²) in [5, 5.41) is 7.62. The summed E-state index contributed by atoms with van der Waals surface area (Å²) < 4.78 is 0. The van der Waals surface area contributed by atoms with E-state index in [1.807, 2.05) is 44.3 Å². The molecular weight excluding hydrogens is 190 g/mol. The summed E-state index contributed by atoms with van der Waals surface area (Å²) in [5.41, 5.74) is 1.10. The minimum absolute atomic E-state index is 0.104. The molecule has 1 aromatic carbocycles. The van der Waals surface area contributed by atoms with Gasteiger partial charge in [-0.1, -0.05) is 30.3 Å². The van der Waals surface area contributed by atoms with Crippen molar-refractivity contribution in [3.05, 3.63) is 40.8 Å². The Balaban J connectivity index is 2.57. The third-order valence-electron chi connectivity index (χ3n) is 2.30. The molecule has 1 atom stereocenters. The molecule has 0 bridgehead atoms. The van der Waals surface area contributed by atoms with Crippen molar-refractivity contribution in [3.63, 3.8) is 0 Å². The lowest BCUT2D eigenvalue weighted by Crippen LogP contribution is -2.35. The van der Waals surface area contributed by atoms with Crippen molar-refractivity contribution in [1.29, 1.82) is 0 Å². The van der Waals surface area contributed by atoms with Gasteiger partial charge >= 0.3 is 0 Å². The smallest absolute Gasteiger partial charge is 0.0646 e. The molecule has 0 saturated heterocycles. The summed E-state index contributed by atoms with van der Waals surface area (Å²) in [6, 6.07) is 9.96.